The van der Waals surface area contributed by atoms with E-state index >= 15 is 0 Å². The van der Waals surface area contributed by atoms with Crippen LogP contribution in [0, 0.1) is 12.8 Å². The molecule has 0 bridgehead atoms. The monoisotopic (exact) mass is 272 g/mol. The Labute approximate surface area is 123 Å². The Bertz CT molecular complexity index is 431. The molecule has 1 N–H and O–H groups in total. The molecule has 0 saturated heterocycles. The molecule has 2 nitrogen and oxygen atoms in total. The maximum Gasteiger partial charge on any atom is 0.0473 e. The predicted octanol–water partition coefficient (Wildman–Crippen LogP) is 3.52. The minimum absolute atomic E-state index is 0.440. The third kappa shape index (κ3) is 3.24. The minimum Gasteiger partial charge on any atom is -0.312 e. The molecule has 1 aromatic rings. The van der Waals surface area contributed by atoms with Gasteiger partial charge in [0.15, 0.2) is 0 Å². The second-order valence-corrected chi connectivity index (χ2v) is 6.79. The molecule has 2 aliphatic carbocycles. The van der Waals surface area contributed by atoms with Gasteiger partial charge >= 0.3 is 0 Å². The van der Waals surface area contributed by atoms with Crippen LogP contribution in [0.25, 0.3) is 0 Å². The first-order chi connectivity index (χ1) is 9.69. The van der Waals surface area contributed by atoms with Gasteiger partial charge in [0.2, 0.25) is 0 Å². The molecular weight excluding hydrogens is 244 g/mol. The van der Waals surface area contributed by atoms with Crippen molar-refractivity contribution >= 4 is 0 Å². The first kappa shape index (κ1) is 14.1. The van der Waals surface area contributed by atoms with E-state index in [9.17, 15) is 0 Å². The van der Waals surface area contributed by atoms with E-state index in [0.717, 1.165) is 12.0 Å². The molecule has 2 atom stereocenters. The summed E-state index contributed by atoms with van der Waals surface area (Å²) in [5.41, 5.74) is 2.76. The molecular formula is C18H28N2. The van der Waals surface area contributed by atoms with Gasteiger partial charge in [0.1, 0.15) is 0 Å². The van der Waals surface area contributed by atoms with Crippen LogP contribution in [0.4, 0.5) is 0 Å². The average Bonchev–Trinajstić information content (AvgIpc) is 3.32. The summed E-state index contributed by atoms with van der Waals surface area (Å²) in [6.07, 6.45) is 5.71. The van der Waals surface area contributed by atoms with Crippen LogP contribution < -0.4 is 5.32 Å². The summed E-state index contributed by atoms with van der Waals surface area (Å²) in [6.45, 7) is 5.88. The number of nitrogens with zero attached hydrogens (tertiary/aromatic N) is 1. The zero-order valence-electron chi connectivity index (χ0n) is 13.1. The van der Waals surface area contributed by atoms with E-state index in [1.807, 2.05) is 0 Å². The molecule has 2 fully saturated rings. The van der Waals surface area contributed by atoms with Gasteiger partial charge < -0.3 is 5.32 Å². The van der Waals surface area contributed by atoms with Gasteiger partial charge in [-0.2, -0.15) is 0 Å². The minimum atomic E-state index is 0.440. The number of nitrogens with one attached hydrogen (secondary N) is 1. The zero-order chi connectivity index (χ0) is 14.1. The number of aryl methyl sites for hydroxylation is 1. The second-order valence-electron chi connectivity index (χ2n) is 6.79. The third-order valence-electron chi connectivity index (χ3n) is 4.93. The summed E-state index contributed by atoms with van der Waals surface area (Å²) < 4.78 is 0. The van der Waals surface area contributed by atoms with E-state index < -0.39 is 0 Å². The van der Waals surface area contributed by atoms with Crippen molar-refractivity contribution in [3.63, 3.8) is 0 Å². The predicted molar refractivity (Wildman–Crippen MR) is 84.9 cm³/mol. The summed E-state index contributed by atoms with van der Waals surface area (Å²) in [7, 11) is 2.10. The molecule has 3 rings (SSSR count). The zero-order valence-corrected chi connectivity index (χ0v) is 13.1. The summed E-state index contributed by atoms with van der Waals surface area (Å²) in [5.74, 6) is 0.980. The number of hydrogen-bond acceptors (Lipinski definition) is 2. The molecule has 2 heteroatoms. The maximum atomic E-state index is 3.55. The van der Waals surface area contributed by atoms with Crippen molar-refractivity contribution in [2.45, 2.75) is 57.7 Å². The lowest BCUT2D eigenvalue weighted by Crippen LogP contribution is -2.44. The van der Waals surface area contributed by atoms with Gasteiger partial charge in [-0.1, -0.05) is 29.8 Å². The fourth-order valence-corrected chi connectivity index (χ4v) is 3.30. The van der Waals surface area contributed by atoms with Crippen LogP contribution in [0.3, 0.4) is 0 Å². The highest BCUT2D eigenvalue weighted by atomic mass is 15.2. The van der Waals surface area contributed by atoms with Crippen LogP contribution in [0.15, 0.2) is 24.3 Å². The third-order valence-corrected chi connectivity index (χ3v) is 4.93. The molecule has 0 heterocycles. The Balaban J connectivity index is 1.73. The Hall–Kier alpha value is -0.860. The van der Waals surface area contributed by atoms with Crippen molar-refractivity contribution < 1.29 is 0 Å². The van der Waals surface area contributed by atoms with E-state index in [1.165, 1.54) is 43.4 Å². The first-order valence-corrected chi connectivity index (χ1v) is 8.18. The quantitative estimate of drug-likeness (QED) is 0.817. The van der Waals surface area contributed by atoms with Crippen molar-refractivity contribution in [1.29, 1.82) is 0 Å². The van der Waals surface area contributed by atoms with E-state index in [1.54, 1.807) is 0 Å². The van der Waals surface area contributed by atoms with Gasteiger partial charge in [-0.25, -0.2) is 0 Å². The Kier molecular flexibility index (Phi) is 4.13. The van der Waals surface area contributed by atoms with E-state index in [2.05, 4.69) is 55.4 Å². The van der Waals surface area contributed by atoms with Crippen LogP contribution in [0.2, 0.25) is 0 Å². The molecule has 1 aromatic carbocycles. The second kappa shape index (κ2) is 5.87. The largest absolute Gasteiger partial charge is 0.312 e. The summed E-state index contributed by atoms with van der Waals surface area (Å²) in [5, 5.41) is 3.55. The van der Waals surface area contributed by atoms with Crippen LogP contribution in [0.1, 0.15) is 49.8 Å². The van der Waals surface area contributed by atoms with Crippen LogP contribution in [-0.2, 0) is 0 Å². The number of likely N-dealkylation sites (N-methyl/N-ethyl adjacent to an activating group) is 1. The Morgan fingerprint density at radius 1 is 1.15 bits per heavy atom. The average molecular weight is 272 g/mol. The normalized spacial score (nSPS) is 22.0. The molecule has 2 saturated carbocycles. The van der Waals surface area contributed by atoms with Crippen LogP contribution in [-0.4, -0.2) is 30.6 Å². The SMILES string of the molecule is CNC(c1ccc(C)cc1)C(C)N(CC1CC1)C1CC1. The van der Waals surface area contributed by atoms with Crippen molar-refractivity contribution in [1.82, 2.24) is 10.2 Å². The van der Waals surface area contributed by atoms with Crippen LogP contribution >= 0.6 is 0 Å². The topological polar surface area (TPSA) is 15.3 Å². The van der Waals surface area contributed by atoms with Gasteiger partial charge in [-0.3, -0.25) is 4.90 Å². The Morgan fingerprint density at radius 3 is 2.30 bits per heavy atom. The van der Waals surface area contributed by atoms with Gasteiger partial charge in [0.05, 0.1) is 0 Å². The number of rotatable bonds is 7. The highest BCUT2D eigenvalue weighted by molar-refractivity contribution is 5.25. The van der Waals surface area contributed by atoms with E-state index in [4.69, 9.17) is 0 Å². The number of benzene rings is 1. The molecule has 0 spiro atoms. The van der Waals surface area contributed by atoms with Crippen molar-refractivity contribution in [3.8, 4) is 0 Å². The van der Waals surface area contributed by atoms with Gasteiger partial charge in [0.25, 0.3) is 0 Å². The summed E-state index contributed by atoms with van der Waals surface area (Å²) in [4.78, 5) is 2.78. The molecule has 0 aliphatic heterocycles. The lowest BCUT2D eigenvalue weighted by Gasteiger charge is -2.35. The molecule has 20 heavy (non-hydrogen) atoms. The highest BCUT2D eigenvalue weighted by Crippen LogP contribution is 2.38. The molecule has 0 radical (unpaired) electrons. The molecule has 2 unspecified atom stereocenters. The highest BCUT2D eigenvalue weighted by Gasteiger charge is 2.38. The summed E-state index contributed by atoms with van der Waals surface area (Å²) in [6, 6.07) is 10.9. The van der Waals surface area contributed by atoms with E-state index in [0.29, 0.717) is 12.1 Å². The van der Waals surface area contributed by atoms with Gasteiger partial charge in [0, 0.05) is 24.7 Å². The van der Waals surface area contributed by atoms with Gasteiger partial charge in [-0.15, -0.1) is 0 Å². The lowest BCUT2D eigenvalue weighted by molar-refractivity contribution is 0.156. The van der Waals surface area contributed by atoms with Gasteiger partial charge in [-0.05, 0) is 58.1 Å². The van der Waals surface area contributed by atoms with Crippen molar-refractivity contribution in [2.75, 3.05) is 13.6 Å². The summed E-state index contributed by atoms with van der Waals surface area (Å²) >= 11 is 0. The first-order valence-electron chi connectivity index (χ1n) is 8.18. The molecule has 2 aliphatic rings. The molecule has 0 aromatic heterocycles. The smallest absolute Gasteiger partial charge is 0.0473 e. The van der Waals surface area contributed by atoms with Crippen molar-refractivity contribution in [2.24, 2.45) is 5.92 Å². The fraction of sp³-hybridized carbons (Fsp3) is 0.667. The molecule has 0 amide bonds. The van der Waals surface area contributed by atoms with E-state index in [-0.39, 0.29) is 0 Å². The van der Waals surface area contributed by atoms with Crippen LogP contribution in [0.5, 0.6) is 0 Å². The number of hydrogen-bond donors (Lipinski definition) is 1. The van der Waals surface area contributed by atoms with Crippen molar-refractivity contribution in [3.05, 3.63) is 35.4 Å². The Morgan fingerprint density at radius 2 is 1.80 bits per heavy atom. The molecule has 110 valence electrons. The maximum absolute atomic E-state index is 3.55. The fourth-order valence-electron chi connectivity index (χ4n) is 3.30. The standard InChI is InChI=1S/C18H28N2/c1-13-4-8-16(9-5-13)18(19-3)14(2)20(17-10-11-17)12-15-6-7-15/h4-5,8-9,14-15,17-19H,6-7,10-12H2,1-3H3. The lowest BCUT2D eigenvalue weighted by atomic mass is 9.98.